The lowest BCUT2D eigenvalue weighted by Crippen LogP contribution is -2.50. The Morgan fingerprint density at radius 2 is 1.83 bits per heavy atom. The molecule has 0 spiro atoms. The summed E-state index contributed by atoms with van der Waals surface area (Å²) < 4.78 is 60.5. The van der Waals surface area contributed by atoms with E-state index in [2.05, 4.69) is 9.97 Å². The predicted octanol–water partition coefficient (Wildman–Crippen LogP) is 1.60. The van der Waals surface area contributed by atoms with E-state index in [4.69, 9.17) is 0 Å². The Morgan fingerprint density at radius 3 is 2.28 bits per heavy atom. The van der Waals surface area contributed by atoms with E-state index in [0.717, 1.165) is 0 Å². The summed E-state index contributed by atoms with van der Waals surface area (Å²) in [7, 11) is 0. The molecule has 1 amide bonds. The summed E-state index contributed by atoms with van der Waals surface area (Å²) >= 11 is 0. The average molecular weight is 269 g/mol. The number of hydrogen-bond acceptors (Lipinski definition) is 3. The van der Waals surface area contributed by atoms with Crippen LogP contribution in [0.5, 0.6) is 0 Å². The van der Waals surface area contributed by atoms with Gasteiger partial charge in [0, 0.05) is 6.20 Å². The molecule has 0 saturated heterocycles. The zero-order valence-corrected chi connectivity index (χ0v) is 9.05. The maximum absolute atomic E-state index is 12.5. The standard InChI is InChI=1S/C9H8F5N3O/c1-5-2-16-6(3-15-5)4-17-7(18)8(10,11)9(12,13)14/h2-3H,4H2,1H3,(H,17,18). The van der Waals surface area contributed by atoms with Crippen molar-refractivity contribution in [2.75, 3.05) is 0 Å². The number of carbonyl (C=O) groups is 1. The van der Waals surface area contributed by atoms with Crippen LogP contribution < -0.4 is 5.32 Å². The van der Waals surface area contributed by atoms with E-state index in [1.54, 1.807) is 6.92 Å². The number of aryl methyl sites for hydroxylation is 1. The fraction of sp³-hybridized carbons (Fsp3) is 0.444. The van der Waals surface area contributed by atoms with Crippen LogP contribution in [0.3, 0.4) is 0 Å². The molecule has 100 valence electrons. The molecule has 9 heteroatoms. The van der Waals surface area contributed by atoms with Gasteiger partial charge in [-0.15, -0.1) is 0 Å². The van der Waals surface area contributed by atoms with E-state index in [1.807, 2.05) is 0 Å². The summed E-state index contributed by atoms with van der Waals surface area (Å²) in [6.45, 7) is 1.06. The molecule has 1 aromatic rings. The Bertz CT molecular complexity index is 429. The summed E-state index contributed by atoms with van der Waals surface area (Å²) in [4.78, 5) is 18.2. The molecule has 0 saturated carbocycles. The lowest BCUT2D eigenvalue weighted by Gasteiger charge is -2.18. The Kier molecular flexibility index (Phi) is 3.82. The van der Waals surface area contributed by atoms with Crippen LogP contribution in [-0.2, 0) is 11.3 Å². The van der Waals surface area contributed by atoms with E-state index in [0.29, 0.717) is 5.69 Å². The molecule has 4 nitrogen and oxygen atoms in total. The van der Waals surface area contributed by atoms with E-state index >= 15 is 0 Å². The smallest absolute Gasteiger partial charge is 0.345 e. The molecule has 0 fully saturated rings. The number of nitrogens with one attached hydrogen (secondary N) is 1. The van der Waals surface area contributed by atoms with Crippen LogP contribution in [-0.4, -0.2) is 28.0 Å². The number of amides is 1. The van der Waals surface area contributed by atoms with E-state index in [1.165, 1.54) is 17.7 Å². The normalized spacial score (nSPS) is 12.3. The molecule has 1 rings (SSSR count). The molecule has 1 heterocycles. The average Bonchev–Trinajstić information content (AvgIpc) is 2.26. The van der Waals surface area contributed by atoms with Gasteiger partial charge in [0.05, 0.1) is 24.1 Å². The van der Waals surface area contributed by atoms with Crippen molar-refractivity contribution >= 4 is 5.91 Å². The lowest BCUT2D eigenvalue weighted by atomic mass is 10.3. The second-order valence-corrected chi connectivity index (χ2v) is 3.40. The number of nitrogens with zero attached hydrogens (tertiary/aromatic N) is 2. The molecule has 18 heavy (non-hydrogen) atoms. The molecule has 0 aliphatic rings. The fourth-order valence-corrected chi connectivity index (χ4v) is 0.921. The Morgan fingerprint density at radius 1 is 1.22 bits per heavy atom. The first-order chi connectivity index (χ1) is 8.14. The van der Waals surface area contributed by atoms with Crippen molar-refractivity contribution in [3.63, 3.8) is 0 Å². The quantitative estimate of drug-likeness (QED) is 0.848. The van der Waals surface area contributed by atoms with Gasteiger partial charge in [-0.3, -0.25) is 14.8 Å². The highest BCUT2D eigenvalue weighted by atomic mass is 19.4. The van der Waals surface area contributed by atoms with Gasteiger partial charge in [-0.1, -0.05) is 0 Å². The van der Waals surface area contributed by atoms with Crippen LogP contribution in [0.4, 0.5) is 22.0 Å². The van der Waals surface area contributed by atoms with Crippen molar-refractivity contribution in [1.29, 1.82) is 0 Å². The summed E-state index contributed by atoms with van der Waals surface area (Å²) in [5.74, 6) is -7.84. The van der Waals surface area contributed by atoms with Gasteiger partial charge in [0.15, 0.2) is 0 Å². The van der Waals surface area contributed by atoms with Gasteiger partial charge < -0.3 is 5.32 Å². The van der Waals surface area contributed by atoms with Gasteiger partial charge in [0.1, 0.15) is 0 Å². The highest BCUT2D eigenvalue weighted by Crippen LogP contribution is 2.35. The molecule has 0 radical (unpaired) electrons. The van der Waals surface area contributed by atoms with Gasteiger partial charge in [-0.25, -0.2) is 0 Å². The number of carbonyl (C=O) groups excluding carboxylic acids is 1. The monoisotopic (exact) mass is 269 g/mol. The second kappa shape index (κ2) is 4.83. The van der Waals surface area contributed by atoms with Crippen molar-refractivity contribution in [3.8, 4) is 0 Å². The third kappa shape index (κ3) is 3.11. The van der Waals surface area contributed by atoms with Crippen molar-refractivity contribution in [3.05, 3.63) is 23.8 Å². The molecular formula is C9H8F5N3O. The first-order valence-corrected chi connectivity index (χ1v) is 4.65. The predicted molar refractivity (Wildman–Crippen MR) is 49.6 cm³/mol. The van der Waals surface area contributed by atoms with Crippen molar-refractivity contribution < 1.29 is 26.7 Å². The van der Waals surface area contributed by atoms with Gasteiger partial charge in [-0.2, -0.15) is 22.0 Å². The van der Waals surface area contributed by atoms with Crippen LogP contribution in [0.1, 0.15) is 11.4 Å². The molecule has 0 unspecified atom stereocenters. The molecule has 0 aromatic carbocycles. The zero-order valence-electron chi connectivity index (χ0n) is 9.05. The van der Waals surface area contributed by atoms with Crippen molar-refractivity contribution in [2.45, 2.75) is 25.6 Å². The molecular weight excluding hydrogens is 261 g/mol. The van der Waals surface area contributed by atoms with Gasteiger partial charge in [0.25, 0.3) is 0 Å². The third-order valence-electron chi connectivity index (χ3n) is 1.91. The SMILES string of the molecule is Cc1cnc(CNC(=O)C(F)(F)C(F)(F)F)cn1. The molecule has 0 aliphatic carbocycles. The summed E-state index contributed by atoms with van der Waals surface area (Å²) in [6.07, 6.45) is -3.46. The van der Waals surface area contributed by atoms with Crippen LogP contribution in [0.2, 0.25) is 0 Å². The van der Waals surface area contributed by atoms with Crippen LogP contribution in [0, 0.1) is 6.92 Å². The van der Waals surface area contributed by atoms with Gasteiger partial charge in [-0.05, 0) is 6.92 Å². The van der Waals surface area contributed by atoms with Crippen LogP contribution >= 0.6 is 0 Å². The lowest BCUT2D eigenvalue weighted by molar-refractivity contribution is -0.269. The highest BCUT2D eigenvalue weighted by molar-refractivity contribution is 5.84. The summed E-state index contributed by atoms with van der Waals surface area (Å²) in [5, 5.41) is 1.45. The fourth-order valence-electron chi connectivity index (χ4n) is 0.921. The first-order valence-electron chi connectivity index (χ1n) is 4.65. The van der Waals surface area contributed by atoms with Gasteiger partial charge >= 0.3 is 18.0 Å². The zero-order chi connectivity index (χ0) is 14.0. The summed E-state index contributed by atoms with van der Waals surface area (Å²) in [5.41, 5.74) is 0.623. The topological polar surface area (TPSA) is 54.9 Å². The number of alkyl halides is 5. The third-order valence-corrected chi connectivity index (χ3v) is 1.91. The van der Waals surface area contributed by atoms with Crippen LogP contribution in [0.15, 0.2) is 12.4 Å². The molecule has 1 aromatic heterocycles. The van der Waals surface area contributed by atoms with E-state index < -0.39 is 24.6 Å². The second-order valence-electron chi connectivity index (χ2n) is 3.40. The maximum Gasteiger partial charge on any atom is 0.463 e. The van der Waals surface area contributed by atoms with Crippen molar-refractivity contribution in [2.24, 2.45) is 0 Å². The first kappa shape index (κ1) is 14.3. The van der Waals surface area contributed by atoms with Crippen LogP contribution in [0.25, 0.3) is 0 Å². The molecule has 0 atom stereocenters. The summed E-state index contributed by atoms with van der Waals surface area (Å²) in [6, 6.07) is 0. The highest BCUT2D eigenvalue weighted by Gasteiger charge is 2.63. The number of rotatable bonds is 3. The largest absolute Gasteiger partial charge is 0.463 e. The molecule has 1 N–H and O–H groups in total. The van der Waals surface area contributed by atoms with Gasteiger partial charge in [0.2, 0.25) is 0 Å². The Labute approximate surface area is 98.2 Å². The Balaban J connectivity index is 2.64. The molecule has 0 aliphatic heterocycles. The maximum atomic E-state index is 12.5. The minimum absolute atomic E-state index is 0.0759. The number of hydrogen-bond donors (Lipinski definition) is 1. The van der Waals surface area contributed by atoms with E-state index in [-0.39, 0.29) is 5.69 Å². The van der Waals surface area contributed by atoms with Crippen molar-refractivity contribution in [1.82, 2.24) is 15.3 Å². The minimum Gasteiger partial charge on any atom is -0.345 e. The number of halogens is 5. The Hall–Kier alpha value is -1.80. The number of aromatic nitrogens is 2. The molecule has 0 bridgehead atoms. The minimum atomic E-state index is -5.92. The van der Waals surface area contributed by atoms with E-state index in [9.17, 15) is 26.7 Å².